The molecule has 2 aromatic heterocycles. The molecule has 5 rings (SSSR count). The van der Waals surface area contributed by atoms with Crippen LogP contribution in [0.15, 0.2) is 79.4 Å². The zero-order chi connectivity index (χ0) is 21.0. The summed E-state index contributed by atoms with van der Waals surface area (Å²) >= 11 is 0. The third kappa shape index (κ3) is 3.94. The monoisotopic (exact) mass is 410 g/mol. The van der Waals surface area contributed by atoms with Crippen molar-refractivity contribution in [2.45, 2.75) is 25.3 Å². The molecule has 1 amide bonds. The van der Waals surface area contributed by atoms with Gasteiger partial charge < -0.3 is 4.90 Å². The molecule has 0 unspecified atom stereocenters. The number of benzene rings is 2. The van der Waals surface area contributed by atoms with Crippen LogP contribution in [0, 0.1) is 0 Å². The maximum Gasteiger partial charge on any atom is 0.254 e. The van der Waals surface area contributed by atoms with Crippen molar-refractivity contribution >= 4 is 5.91 Å². The molecule has 7 heteroatoms. The lowest BCUT2D eigenvalue weighted by Gasteiger charge is -2.26. The number of aromatic nitrogens is 5. The molecule has 0 radical (unpaired) electrons. The van der Waals surface area contributed by atoms with E-state index in [9.17, 15) is 4.79 Å². The number of rotatable bonds is 5. The molecule has 1 saturated heterocycles. The summed E-state index contributed by atoms with van der Waals surface area (Å²) in [4.78, 5) is 25.8. The number of amides is 1. The van der Waals surface area contributed by atoms with E-state index < -0.39 is 0 Å². The number of likely N-dealkylation sites (tertiary alicyclic amines) is 1. The molecule has 0 spiro atoms. The summed E-state index contributed by atoms with van der Waals surface area (Å²) in [7, 11) is 0. The van der Waals surface area contributed by atoms with Gasteiger partial charge in [-0.3, -0.25) is 4.79 Å². The van der Waals surface area contributed by atoms with Gasteiger partial charge in [0.2, 0.25) is 0 Å². The van der Waals surface area contributed by atoms with Crippen LogP contribution in [0.2, 0.25) is 0 Å². The highest BCUT2D eigenvalue weighted by atomic mass is 16.2. The fourth-order valence-electron chi connectivity index (χ4n) is 4.20. The van der Waals surface area contributed by atoms with Crippen LogP contribution < -0.4 is 0 Å². The standard InChI is InChI=1S/C24H22N6O/c31-24(22-10-2-1-9-21(22)23-25-11-5-12-26-23)29-15-4-8-19(29)16-18-6-3-7-20(17-18)30-27-13-14-28-30/h1-3,5-7,9-14,17,19H,4,8,15-16H2/t19-/m0/s1. The molecule has 4 aromatic rings. The Morgan fingerprint density at radius 1 is 0.935 bits per heavy atom. The van der Waals surface area contributed by atoms with Crippen LogP contribution in [0.5, 0.6) is 0 Å². The van der Waals surface area contributed by atoms with Gasteiger partial charge in [-0.2, -0.15) is 15.0 Å². The van der Waals surface area contributed by atoms with Gasteiger partial charge in [0.1, 0.15) is 0 Å². The van der Waals surface area contributed by atoms with E-state index in [-0.39, 0.29) is 11.9 Å². The highest BCUT2D eigenvalue weighted by molar-refractivity contribution is 6.00. The molecule has 7 nitrogen and oxygen atoms in total. The first-order valence-electron chi connectivity index (χ1n) is 10.4. The third-order valence-corrected chi connectivity index (χ3v) is 5.63. The molecule has 0 bridgehead atoms. The van der Waals surface area contributed by atoms with Gasteiger partial charge in [0.05, 0.1) is 23.6 Å². The zero-order valence-electron chi connectivity index (χ0n) is 17.0. The molecule has 154 valence electrons. The Morgan fingerprint density at radius 3 is 2.58 bits per heavy atom. The predicted molar refractivity (Wildman–Crippen MR) is 117 cm³/mol. The Labute approximate surface area is 180 Å². The highest BCUT2D eigenvalue weighted by Crippen LogP contribution is 2.27. The van der Waals surface area contributed by atoms with Crippen LogP contribution >= 0.6 is 0 Å². The number of nitrogens with zero attached hydrogens (tertiary/aromatic N) is 6. The Hall–Kier alpha value is -3.87. The number of carbonyl (C=O) groups excluding carboxylic acids is 1. The van der Waals surface area contributed by atoms with Crippen molar-refractivity contribution in [3.8, 4) is 17.1 Å². The maximum atomic E-state index is 13.5. The fraction of sp³-hybridized carbons (Fsp3) is 0.208. The molecule has 0 aliphatic carbocycles. The van der Waals surface area contributed by atoms with Gasteiger partial charge in [-0.25, -0.2) is 9.97 Å². The average Bonchev–Trinajstić information content (AvgIpc) is 3.52. The molecule has 0 saturated carbocycles. The Bertz CT molecular complexity index is 1180. The second kappa shape index (κ2) is 8.47. The van der Waals surface area contributed by atoms with Gasteiger partial charge in [-0.1, -0.05) is 30.3 Å². The summed E-state index contributed by atoms with van der Waals surface area (Å²) in [5.41, 5.74) is 3.50. The summed E-state index contributed by atoms with van der Waals surface area (Å²) in [5, 5.41) is 8.42. The van der Waals surface area contributed by atoms with Crippen LogP contribution in [0.4, 0.5) is 0 Å². The first kappa shape index (κ1) is 19.1. The molecule has 1 fully saturated rings. The maximum absolute atomic E-state index is 13.5. The van der Waals surface area contributed by atoms with E-state index in [1.807, 2.05) is 41.3 Å². The third-order valence-electron chi connectivity index (χ3n) is 5.63. The van der Waals surface area contributed by atoms with Gasteiger partial charge in [-0.15, -0.1) is 0 Å². The van der Waals surface area contributed by atoms with Crippen LogP contribution in [0.1, 0.15) is 28.8 Å². The number of hydrogen-bond donors (Lipinski definition) is 0. The smallest absolute Gasteiger partial charge is 0.254 e. The molecule has 1 aliphatic rings. The molecule has 1 aliphatic heterocycles. The van der Waals surface area contributed by atoms with Crippen molar-refractivity contribution < 1.29 is 4.79 Å². The normalized spacial score (nSPS) is 15.9. The Kier molecular flexibility index (Phi) is 5.22. The van der Waals surface area contributed by atoms with Crippen molar-refractivity contribution in [2.24, 2.45) is 0 Å². The summed E-state index contributed by atoms with van der Waals surface area (Å²) in [6, 6.07) is 17.7. The largest absolute Gasteiger partial charge is 0.335 e. The van der Waals surface area contributed by atoms with Gasteiger partial charge in [0.25, 0.3) is 5.91 Å². The minimum atomic E-state index is 0.0375. The first-order valence-corrected chi connectivity index (χ1v) is 10.4. The highest BCUT2D eigenvalue weighted by Gasteiger charge is 2.31. The fourth-order valence-corrected chi connectivity index (χ4v) is 4.20. The van der Waals surface area contributed by atoms with Crippen LogP contribution in [0.3, 0.4) is 0 Å². The Balaban J connectivity index is 1.39. The zero-order valence-corrected chi connectivity index (χ0v) is 17.0. The topological polar surface area (TPSA) is 76.8 Å². The van der Waals surface area contributed by atoms with E-state index in [0.29, 0.717) is 11.4 Å². The van der Waals surface area contributed by atoms with Crippen LogP contribution in [0.25, 0.3) is 17.1 Å². The van der Waals surface area contributed by atoms with E-state index in [1.54, 1.807) is 35.7 Å². The summed E-state index contributed by atoms with van der Waals surface area (Å²) < 4.78 is 0. The summed E-state index contributed by atoms with van der Waals surface area (Å²) in [5.74, 6) is 0.608. The Morgan fingerprint density at radius 2 is 1.74 bits per heavy atom. The molecular weight excluding hydrogens is 388 g/mol. The second-order valence-corrected chi connectivity index (χ2v) is 7.61. The van der Waals surface area contributed by atoms with Crippen molar-refractivity contribution in [3.63, 3.8) is 0 Å². The van der Waals surface area contributed by atoms with Crippen molar-refractivity contribution in [1.82, 2.24) is 29.9 Å². The molecular formula is C24H22N6O. The van der Waals surface area contributed by atoms with E-state index >= 15 is 0 Å². The van der Waals surface area contributed by atoms with Gasteiger partial charge in [-0.05, 0) is 49.1 Å². The van der Waals surface area contributed by atoms with E-state index in [0.717, 1.165) is 37.1 Å². The molecule has 0 N–H and O–H groups in total. The van der Waals surface area contributed by atoms with Crippen molar-refractivity contribution in [3.05, 3.63) is 90.5 Å². The van der Waals surface area contributed by atoms with Crippen LogP contribution in [-0.4, -0.2) is 48.4 Å². The van der Waals surface area contributed by atoms with E-state index in [4.69, 9.17) is 0 Å². The van der Waals surface area contributed by atoms with Gasteiger partial charge in [0.15, 0.2) is 5.82 Å². The summed E-state index contributed by atoms with van der Waals surface area (Å²) in [6.07, 6.45) is 9.51. The lowest BCUT2D eigenvalue weighted by atomic mass is 10.0. The van der Waals surface area contributed by atoms with Crippen LogP contribution in [-0.2, 0) is 6.42 Å². The van der Waals surface area contributed by atoms with Gasteiger partial charge >= 0.3 is 0 Å². The molecule has 2 aromatic carbocycles. The molecule has 3 heterocycles. The first-order chi connectivity index (χ1) is 15.3. The average molecular weight is 410 g/mol. The number of carbonyl (C=O) groups is 1. The quantitative estimate of drug-likeness (QED) is 0.503. The second-order valence-electron chi connectivity index (χ2n) is 7.61. The lowest BCUT2D eigenvalue weighted by Crippen LogP contribution is -2.37. The number of hydrogen-bond acceptors (Lipinski definition) is 5. The minimum Gasteiger partial charge on any atom is -0.335 e. The molecule has 31 heavy (non-hydrogen) atoms. The van der Waals surface area contributed by atoms with Gasteiger partial charge in [0, 0.05) is 30.5 Å². The van der Waals surface area contributed by atoms with Crippen molar-refractivity contribution in [1.29, 1.82) is 0 Å². The summed E-state index contributed by atoms with van der Waals surface area (Å²) in [6.45, 7) is 0.758. The SMILES string of the molecule is O=C(c1ccccc1-c1ncccn1)N1CCC[C@H]1Cc1cccc(-n2nccn2)c1. The molecule has 1 atom stereocenters. The minimum absolute atomic E-state index is 0.0375. The van der Waals surface area contributed by atoms with E-state index in [2.05, 4.69) is 32.3 Å². The van der Waals surface area contributed by atoms with Crippen molar-refractivity contribution in [2.75, 3.05) is 6.54 Å². The predicted octanol–water partition coefficient (Wildman–Crippen LogP) is 3.57. The van der Waals surface area contributed by atoms with E-state index in [1.165, 1.54) is 5.56 Å². The lowest BCUT2D eigenvalue weighted by molar-refractivity contribution is 0.0737.